The summed E-state index contributed by atoms with van der Waals surface area (Å²) in [6, 6.07) is 5.91. The van der Waals surface area contributed by atoms with Crippen molar-refractivity contribution in [3.05, 3.63) is 39.8 Å². The van der Waals surface area contributed by atoms with Gasteiger partial charge in [0.1, 0.15) is 5.69 Å². The number of aromatic amines is 1. The fourth-order valence-corrected chi connectivity index (χ4v) is 2.67. The van der Waals surface area contributed by atoms with Crippen LogP contribution in [0.2, 0.25) is 0 Å². The number of aromatic nitrogens is 2. The Morgan fingerprint density at radius 1 is 1.61 bits per heavy atom. The van der Waals surface area contributed by atoms with Crippen LogP contribution in [0.25, 0.3) is 0 Å². The van der Waals surface area contributed by atoms with E-state index in [0.717, 1.165) is 10.6 Å². The lowest BCUT2D eigenvalue weighted by atomic mass is 10.2. The van der Waals surface area contributed by atoms with Gasteiger partial charge in [-0.15, -0.1) is 11.3 Å². The number of hydrogen-bond acceptors (Lipinski definition) is 3. The Balaban J connectivity index is 1.66. The zero-order valence-electron chi connectivity index (χ0n) is 10.1. The van der Waals surface area contributed by atoms with Gasteiger partial charge in [0, 0.05) is 16.5 Å². The number of hydrogen-bond donors (Lipinski definition) is 2. The Labute approximate surface area is 109 Å². The second kappa shape index (κ2) is 4.57. The van der Waals surface area contributed by atoms with E-state index in [1.165, 1.54) is 12.8 Å². The number of thiophene rings is 1. The normalized spacial score (nSPS) is 16.5. The van der Waals surface area contributed by atoms with Gasteiger partial charge in [0.15, 0.2) is 0 Å². The second-order valence-electron chi connectivity index (χ2n) is 4.69. The Morgan fingerprint density at radius 3 is 3.11 bits per heavy atom. The summed E-state index contributed by atoms with van der Waals surface area (Å²) < 4.78 is 0. The quantitative estimate of drug-likeness (QED) is 0.889. The van der Waals surface area contributed by atoms with Gasteiger partial charge in [-0.3, -0.25) is 9.89 Å². The van der Waals surface area contributed by atoms with Gasteiger partial charge in [0.25, 0.3) is 5.91 Å². The molecule has 3 rings (SSSR count). The third kappa shape index (κ3) is 2.31. The van der Waals surface area contributed by atoms with Crippen molar-refractivity contribution in [2.75, 3.05) is 0 Å². The SMILES string of the molecule is C[C@H](NC(=O)c1cc(C2CC2)[nH]n1)c1cccs1. The van der Waals surface area contributed by atoms with E-state index in [4.69, 9.17) is 0 Å². The molecule has 0 spiro atoms. The second-order valence-corrected chi connectivity index (χ2v) is 5.67. The van der Waals surface area contributed by atoms with Crippen molar-refractivity contribution in [1.82, 2.24) is 15.5 Å². The number of amides is 1. The predicted molar refractivity (Wildman–Crippen MR) is 70.8 cm³/mol. The van der Waals surface area contributed by atoms with Crippen LogP contribution in [-0.4, -0.2) is 16.1 Å². The summed E-state index contributed by atoms with van der Waals surface area (Å²) in [4.78, 5) is 13.2. The minimum absolute atomic E-state index is 0.0265. The molecule has 0 unspecified atom stereocenters. The molecule has 1 atom stereocenters. The van der Waals surface area contributed by atoms with E-state index in [1.807, 2.05) is 30.5 Å². The third-order valence-electron chi connectivity index (χ3n) is 3.17. The summed E-state index contributed by atoms with van der Waals surface area (Å²) in [5.74, 6) is 0.479. The molecule has 18 heavy (non-hydrogen) atoms. The first-order chi connectivity index (χ1) is 8.74. The van der Waals surface area contributed by atoms with Crippen LogP contribution in [0.4, 0.5) is 0 Å². The minimum atomic E-state index is -0.112. The smallest absolute Gasteiger partial charge is 0.272 e. The molecule has 2 aromatic heterocycles. The predicted octanol–water partition coefficient (Wildman–Crippen LogP) is 2.84. The van der Waals surface area contributed by atoms with Crippen molar-refractivity contribution >= 4 is 17.2 Å². The molecule has 1 aliphatic rings. The highest BCUT2D eigenvalue weighted by Gasteiger charge is 2.26. The van der Waals surface area contributed by atoms with E-state index in [2.05, 4.69) is 15.5 Å². The number of nitrogens with zero attached hydrogens (tertiary/aromatic N) is 1. The third-order valence-corrected chi connectivity index (χ3v) is 4.22. The van der Waals surface area contributed by atoms with Gasteiger partial charge in [-0.2, -0.15) is 5.10 Å². The van der Waals surface area contributed by atoms with Crippen LogP contribution < -0.4 is 5.32 Å². The van der Waals surface area contributed by atoms with Gasteiger partial charge in [-0.1, -0.05) is 6.07 Å². The summed E-state index contributed by atoms with van der Waals surface area (Å²) in [7, 11) is 0. The number of carbonyl (C=O) groups is 1. The molecule has 0 aliphatic heterocycles. The van der Waals surface area contributed by atoms with Gasteiger partial charge in [0.2, 0.25) is 0 Å². The molecule has 2 N–H and O–H groups in total. The van der Waals surface area contributed by atoms with Gasteiger partial charge < -0.3 is 5.32 Å². The molecule has 2 heterocycles. The van der Waals surface area contributed by atoms with Crippen molar-refractivity contribution < 1.29 is 4.79 Å². The van der Waals surface area contributed by atoms with Crippen LogP contribution in [0.5, 0.6) is 0 Å². The topological polar surface area (TPSA) is 57.8 Å². The first-order valence-corrected chi connectivity index (χ1v) is 7.01. The largest absolute Gasteiger partial charge is 0.343 e. The van der Waals surface area contributed by atoms with Crippen molar-refractivity contribution in [3.63, 3.8) is 0 Å². The highest BCUT2D eigenvalue weighted by atomic mass is 32.1. The lowest BCUT2D eigenvalue weighted by Gasteiger charge is -2.10. The first-order valence-electron chi connectivity index (χ1n) is 6.13. The molecular weight excluding hydrogens is 246 g/mol. The fourth-order valence-electron chi connectivity index (χ4n) is 1.94. The van der Waals surface area contributed by atoms with Crippen LogP contribution in [0, 0.1) is 0 Å². The zero-order chi connectivity index (χ0) is 12.5. The molecule has 1 fully saturated rings. The van der Waals surface area contributed by atoms with Crippen molar-refractivity contribution in [2.24, 2.45) is 0 Å². The molecule has 4 nitrogen and oxygen atoms in total. The van der Waals surface area contributed by atoms with Gasteiger partial charge in [0.05, 0.1) is 6.04 Å². The number of carbonyl (C=O) groups excluding carboxylic acids is 1. The maximum Gasteiger partial charge on any atom is 0.272 e. The molecule has 0 saturated heterocycles. The molecule has 1 aliphatic carbocycles. The number of nitrogens with one attached hydrogen (secondary N) is 2. The maximum atomic E-state index is 12.0. The maximum absolute atomic E-state index is 12.0. The summed E-state index contributed by atoms with van der Waals surface area (Å²) in [6.45, 7) is 1.98. The molecule has 0 radical (unpaired) electrons. The van der Waals surface area contributed by atoms with Crippen LogP contribution >= 0.6 is 11.3 Å². The molecule has 0 bridgehead atoms. The van der Waals surface area contributed by atoms with E-state index in [9.17, 15) is 4.79 Å². The van der Waals surface area contributed by atoms with Crippen LogP contribution in [0.1, 0.15) is 52.8 Å². The number of H-pyrrole nitrogens is 1. The highest BCUT2D eigenvalue weighted by molar-refractivity contribution is 7.10. The molecule has 94 valence electrons. The Bertz CT molecular complexity index is 542. The average molecular weight is 261 g/mol. The summed E-state index contributed by atoms with van der Waals surface area (Å²) in [5.41, 5.74) is 1.57. The first kappa shape index (κ1) is 11.5. The fraction of sp³-hybridized carbons (Fsp3) is 0.385. The molecule has 1 saturated carbocycles. The summed E-state index contributed by atoms with van der Waals surface area (Å²) in [6.07, 6.45) is 2.41. The van der Waals surface area contributed by atoms with Crippen molar-refractivity contribution in [1.29, 1.82) is 0 Å². The molecule has 5 heteroatoms. The molecule has 1 amide bonds. The molecule has 2 aromatic rings. The highest BCUT2D eigenvalue weighted by Crippen LogP contribution is 2.39. The van der Waals surface area contributed by atoms with Gasteiger partial charge in [-0.05, 0) is 37.3 Å². The van der Waals surface area contributed by atoms with E-state index >= 15 is 0 Å². The Hall–Kier alpha value is -1.62. The zero-order valence-corrected chi connectivity index (χ0v) is 11.0. The lowest BCUT2D eigenvalue weighted by Crippen LogP contribution is -2.26. The van der Waals surface area contributed by atoms with Crippen LogP contribution in [0.15, 0.2) is 23.6 Å². The lowest BCUT2D eigenvalue weighted by molar-refractivity contribution is 0.0935. The average Bonchev–Trinajstić information content (AvgIpc) is 2.91. The monoisotopic (exact) mass is 261 g/mol. The Morgan fingerprint density at radius 2 is 2.44 bits per heavy atom. The number of rotatable bonds is 4. The van der Waals surface area contributed by atoms with Crippen LogP contribution in [0.3, 0.4) is 0 Å². The van der Waals surface area contributed by atoms with Crippen molar-refractivity contribution in [3.8, 4) is 0 Å². The van der Waals surface area contributed by atoms with E-state index in [-0.39, 0.29) is 11.9 Å². The van der Waals surface area contributed by atoms with E-state index in [0.29, 0.717) is 11.6 Å². The van der Waals surface area contributed by atoms with E-state index < -0.39 is 0 Å². The van der Waals surface area contributed by atoms with Gasteiger partial charge in [-0.25, -0.2) is 0 Å². The standard InChI is InChI=1S/C13H15N3OS/c1-8(12-3-2-6-18-12)14-13(17)11-7-10(15-16-11)9-4-5-9/h2-3,6-9H,4-5H2,1H3,(H,14,17)(H,15,16)/t8-/m0/s1. The summed E-state index contributed by atoms with van der Waals surface area (Å²) in [5, 5.41) is 12.0. The molecule has 0 aromatic carbocycles. The van der Waals surface area contributed by atoms with Gasteiger partial charge >= 0.3 is 0 Å². The summed E-state index contributed by atoms with van der Waals surface area (Å²) >= 11 is 1.65. The Kier molecular flexibility index (Phi) is 2.91. The van der Waals surface area contributed by atoms with E-state index in [1.54, 1.807) is 11.3 Å². The molecular formula is C13H15N3OS. The minimum Gasteiger partial charge on any atom is -0.343 e. The van der Waals surface area contributed by atoms with Crippen LogP contribution in [-0.2, 0) is 0 Å². The van der Waals surface area contributed by atoms with Crippen molar-refractivity contribution in [2.45, 2.75) is 31.7 Å².